The van der Waals surface area contributed by atoms with Gasteiger partial charge >= 0.3 is 0 Å². The van der Waals surface area contributed by atoms with Gasteiger partial charge in [-0.15, -0.1) is 6.58 Å². The Bertz CT molecular complexity index is 117. The van der Waals surface area contributed by atoms with Crippen molar-refractivity contribution in [3.63, 3.8) is 0 Å². The molecule has 0 aromatic heterocycles. The highest BCUT2D eigenvalue weighted by Gasteiger charge is 2.15. The SMILES string of the molecule is C=C[C@H](O)CC1CCOCC1. The van der Waals surface area contributed by atoms with Crippen molar-refractivity contribution in [2.24, 2.45) is 5.92 Å². The lowest BCUT2D eigenvalue weighted by Gasteiger charge is -2.22. The molecule has 1 aliphatic rings. The van der Waals surface area contributed by atoms with Gasteiger partial charge in [0.05, 0.1) is 6.10 Å². The first kappa shape index (κ1) is 8.75. The Kier molecular flexibility index (Phi) is 3.60. The molecule has 0 radical (unpaired) electrons. The van der Waals surface area contributed by atoms with Crippen LogP contribution >= 0.6 is 0 Å². The van der Waals surface area contributed by atoms with E-state index >= 15 is 0 Å². The molecule has 0 amide bonds. The predicted octanol–water partition coefficient (Wildman–Crippen LogP) is 1.35. The van der Waals surface area contributed by atoms with Crippen LogP contribution in [0.2, 0.25) is 0 Å². The second kappa shape index (κ2) is 4.52. The van der Waals surface area contributed by atoms with Crippen LogP contribution in [-0.2, 0) is 4.74 Å². The van der Waals surface area contributed by atoms with Gasteiger partial charge in [0.15, 0.2) is 0 Å². The first-order valence-electron chi connectivity index (χ1n) is 4.21. The fourth-order valence-corrected chi connectivity index (χ4v) is 1.42. The Morgan fingerprint density at radius 3 is 2.73 bits per heavy atom. The highest BCUT2D eigenvalue weighted by molar-refractivity contribution is 4.80. The maximum absolute atomic E-state index is 9.25. The molecule has 11 heavy (non-hydrogen) atoms. The fraction of sp³-hybridized carbons (Fsp3) is 0.778. The molecule has 1 fully saturated rings. The first-order chi connectivity index (χ1) is 5.33. The molecule has 0 saturated carbocycles. The molecular weight excluding hydrogens is 140 g/mol. The number of aliphatic hydroxyl groups excluding tert-OH is 1. The van der Waals surface area contributed by atoms with Crippen molar-refractivity contribution in [3.8, 4) is 0 Å². The zero-order valence-electron chi connectivity index (χ0n) is 6.83. The first-order valence-corrected chi connectivity index (χ1v) is 4.21. The van der Waals surface area contributed by atoms with Crippen LogP contribution in [0.15, 0.2) is 12.7 Å². The van der Waals surface area contributed by atoms with Crippen LogP contribution in [0, 0.1) is 5.92 Å². The van der Waals surface area contributed by atoms with E-state index < -0.39 is 0 Å². The summed E-state index contributed by atoms with van der Waals surface area (Å²) in [6.45, 7) is 5.26. The van der Waals surface area contributed by atoms with Crippen molar-refractivity contribution in [2.75, 3.05) is 13.2 Å². The minimum atomic E-state index is -0.321. The highest BCUT2D eigenvalue weighted by atomic mass is 16.5. The average molecular weight is 156 g/mol. The summed E-state index contributed by atoms with van der Waals surface area (Å²) in [4.78, 5) is 0. The Balaban J connectivity index is 2.18. The maximum Gasteiger partial charge on any atom is 0.0721 e. The summed E-state index contributed by atoms with van der Waals surface area (Å²) < 4.78 is 5.21. The molecule has 0 aliphatic carbocycles. The molecule has 0 aromatic rings. The van der Waals surface area contributed by atoms with Crippen LogP contribution < -0.4 is 0 Å². The number of hydrogen-bond donors (Lipinski definition) is 1. The second-order valence-corrected chi connectivity index (χ2v) is 3.09. The molecule has 1 saturated heterocycles. The number of rotatable bonds is 3. The van der Waals surface area contributed by atoms with Gasteiger partial charge in [-0.2, -0.15) is 0 Å². The van der Waals surface area contributed by atoms with Crippen LogP contribution in [0.5, 0.6) is 0 Å². The molecule has 2 heteroatoms. The molecule has 1 rings (SSSR count). The van der Waals surface area contributed by atoms with Gasteiger partial charge in [0.25, 0.3) is 0 Å². The summed E-state index contributed by atoms with van der Waals surface area (Å²) in [5.41, 5.74) is 0. The third-order valence-electron chi connectivity index (χ3n) is 2.19. The Hall–Kier alpha value is -0.340. The monoisotopic (exact) mass is 156 g/mol. The number of hydrogen-bond acceptors (Lipinski definition) is 2. The summed E-state index contributed by atoms with van der Waals surface area (Å²) in [5.74, 6) is 0.636. The molecule has 1 atom stereocenters. The van der Waals surface area contributed by atoms with E-state index in [1.807, 2.05) is 0 Å². The highest BCUT2D eigenvalue weighted by Crippen LogP contribution is 2.20. The van der Waals surface area contributed by atoms with Gasteiger partial charge in [-0.05, 0) is 25.2 Å². The predicted molar refractivity (Wildman–Crippen MR) is 44.4 cm³/mol. The Labute approximate surface area is 67.9 Å². The van der Waals surface area contributed by atoms with E-state index in [1.54, 1.807) is 6.08 Å². The molecule has 0 spiro atoms. The van der Waals surface area contributed by atoms with Crippen LogP contribution in [0.3, 0.4) is 0 Å². The summed E-state index contributed by atoms with van der Waals surface area (Å²) in [7, 11) is 0. The minimum absolute atomic E-state index is 0.321. The van der Waals surface area contributed by atoms with Crippen molar-refractivity contribution in [1.29, 1.82) is 0 Å². The lowest BCUT2D eigenvalue weighted by molar-refractivity contribution is 0.0510. The zero-order valence-corrected chi connectivity index (χ0v) is 6.83. The van der Waals surface area contributed by atoms with Gasteiger partial charge in [0.1, 0.15) is 0 Å². The van der Waals surface area contributed by atoms with Gasteiger partial charge in [-0.25, -0.2) is 0 Å². The fourth-order valence-electron chi connectivity index (χ4n) is 1.42. The molecular formula is C9H16O2. The average Bonchev–Trinajstić information content (AvgIpc) is 2.06. The summed E-state index contributed by atoms with van der Waals surface area (Å²) in [6.07, 6.45) is 4.32. The smallest absolute Gasteiger partial charge is 0.0721 e. The van der Waals surface area contributed by atoms with Crippen LogP contribution in [0.4, 0.5) is 0 Å². The molecule has 0 unspecified atom stereocenters. The summed E-state index contributed by atoms with van der Waals surface area (Å²) in [6, 6.07) is 0. The second-order valence-electron chi connectivity index (χ2n) is 3.09. The third-order valence-corrected chi connectivity index (χ3v) is 2.19. The van der Waals surface area contributed by atoms with Crippen molar-refractivity contribution >= 4 is 0 Å². The van der Waals surface area contributed by atoms with Gasteiger partial charge in [0, 0.05) is 13.2 Å². The van der Waals surface area contributed by atoms with Crippen molar-refractivity contribution in [2.45, 2.75) is 25.4 Å². The van der Waals surface area contributed by atoms with Crippen molar-refractivity contribution in [1.82, 2.24) is 0 Å². The molecule has 1 N–H and O–H groups in total. The summed E-state index contributed by atoms with van der Waals surface area (Å²) >= 11 is 0. The Morgan fingerprint density at radius 2 is 2.18 bits per heavy atom. The quantitative estimate of drug-likeness (QED) is 0.625. The van der Waals surface area contributed by atoms with Crippen molar-refractivity contribution < 1.29 is 9.84 Å². The lowest BCUT2D eigenvalue weighted by Crippen LogP contribution is -2.19. The zero-order chi connectivity index (χ0) is 8.10. The van der Waals surface area contributed by atoms with E-state index in [4.69, 9.17) is 4.74 Å². The lowest BCUT2D eigenvalue weighted by atomic mass is 9.94. The molecule has 1 heterocycles. The van der Waals surface area contributed by atoms with Crippen molar-refractivity contribution in [3.05, 3.63) is 12.7 Å². The van der Waals surface area contributed by atoms with Crippen LogP contribution in [0.1, 0.15) is 19.3 Å². The van der Waals surface area contributed by atoms with Crippen LogP contribution in [0.25, 0.3) is 0 Å². The topological polar surface area (TPSA) is 29.5 Å². The van der Waals surface area contributed by atoms with E-state index in [0.717, 1.165) is 32.5 Å². The normalized spacial score (nSPS) is 23.0. The van der Waals surface area contributed by atoms with E-state index in [1.165, 1.54) is 0 Å². The molecule has 64 valence electrons. The minimum Gasteiger partial charge on any atom is -0.389 e. The number of aliphatic hydroxyl groups is 1. The molecule has 0 bridgehead atoms. The van der Waals surface area contributed by atoms with Gasteiger partial charge in [-0.3, -0.25) is 0 Å². The molecule has 1 aliphatic heterocycles. The van der Waals surface area contributed by atoms with Gasteiger partial charge in [-0.1, -0.05) is 6.08 Å². The van der Waals surface area contributed by atoms with E-state index in [2.05, 4.69) is 6.58 Å². The molecule has 2 nitrogen and oxygen atoms in total. The van der Waals surface area contributed by atoms with Gasteiger partial charge in [0.2, 0.25) is 0 Å². The van der Waals surface area contributed by atoms with E-state index in [-0.39, 0.29) is 6.10 Å². The van der Waals surface area contributed by atoms with E-state index in [0.29, 0.717) is 5.92 Å². The van der Waals surface area contributed by atoms with Gasteiger partial charge < -0.3 is 9.84 Å². The Morgan fingerprint density at radius 1 is 1.55 bits per heavy atom. The maximum atomic E-state index is 9.25. The van der Waals surface area contributed by atoms with E-state index in [9.17, 15) is 5.11 Å². The standard InChI is InChI=1S/C9H16O2/c1-2-9(10)7-8-3-5-11-6-4-8/h2,8-10H,1,3-7H2/t9-/m0/s1. The van der Waals surface area contributed by atoms with Crippen LogP contribution in [-0.4, -0.2) is 24.4 Å². The largest absolute Gasteiger partial charge is 0.389 e. The third kappa shape index (κ3) is 3.04. The molecule has 0 aromatic carbocycles. The summed E-state index contributed by atoms with van der Waals surface area (Å²) in [5, 5.41) is 9.25. The number of ether oxygens (including phenoxy) is 1.